The lowest BCUT2D eigenvalue weighted by molar-refractivity contribution is -0.121. The Bertz CT molecular complexity index is 440. The quantitative estimate of drug-likeness (QED) is 0.720. The van der Waals surface area contributed by atoms with E-state index in [0.29, 0.717) is 18.7 Å². The highest BCUT2D eigenvalue weighted by Gasteiger charge is 2.09. The fourth-order valence-electron chi connectivity index (χ4n) is 1.33. The molecular weight excluding hydrogens is 270 g/mol. The number of pyridine rings is 1. The highest BCUT2D eigenvalue weighted by molar-refractivity contribution is 6.33. The van der Waals surface area contributed by atoms with Crippen LogP contribution < -0.4 is 10.6 Å². The maximum Gasteiger partial charge on any atom is 0.252 e. The number of halogens is 1. The van der Waals surface area contributed by atoms with Gasteiger partial charge in [-0.05, 0) is 6.07 Å². The molecule has 0 aliphatic rings. The number of aromatic nitrogens is 1. The van der Waals surface area contributed by atoms with Gasteiger partial charge in [0.1, 0.15) is 0 Å². The molecule has 0 aliphatic carbocycles. The summed E-state index contributed by atoms with van der Waals surface area (Å²) in [6, 6.07) is 1.52. The van der Waals surface area contributed by atoms with Crippen molar-refractivity contribution in [2.75, 3.05) is 26.8 Å². The molecule has 0 radical (unpaired) electrons. The zero-order valence-corrected chi connectivity index (χ0v) is 11.4. The summed E-state index contributed by atoms with van der Waals surface area (Å²) in [6.45, 7) is 1.17. The molecule has 0 saturated carbocycles. The molecule has 0 unspecified atom stereocenters. The van der Waals surface area contributed by atoms with E-state index in [9.17, 15) is 9.59 Å². The number of amides is 2. The minimum Gasteiger partial charge on any atom is -0.383 e. The van der Waals surface area contributed by atoms with Crippen molar-refractivity contribution in [2.24, 2.45) is 0 Å². The Morgan fingerprint density at radius 2 is 2.16 bits per heavy atom. The summed E-state index contributed by atoms with van der Waals surface area (Å²) in [5.74, 6) is -0.463. The number of carbonyl (C=O) groups is 2. The third-order valence-electron chi connectivity index (χ3n) is 2.28. The lowest BCUT2D eigenvalue weighted by Crippen LogP contribution is -2.32. The molecule has 0 aromatic carbocycles. The summed E-state index contributed by atoms with van der Waals surface area (Å²) in [7, 11) is 1.56. The molecule has 1 rings (SSSR count). The molecule has 104 valence electrons. The van der Waals surface area contributed by atoms with Crippen LogP contribution in [-0.2, 0) is 9.53 Å². The van der Waals surface area contributed by atoms with Crippen LogP contribution in [0.5, 0.6) is 0 Å². The average Bonchev–Trinajstić information content (AvgIpc) is 2.39. The minimum absolute atomic E-state index is 0.141. The van der Waals surface area contributed by atoms with Crippen LogP contribution >= 0.6 is 11.6 Å². The summed E-state index contributed by atoms with van der Waals surface area (Å²) < 4.78 is 4.80. The lowest BCUT2D eigenvalue weighted by Gasteiger charge is -2.07. The molecule has 1 heterocycles. The monoisotopic (exact) mass is 285 g/mol. The number of rotatable bonds is 7. The van der Waals surface area contributed by atoms with Crippen molar-refractivity contribution in [1.82, 2.24) is 15.6 Å². The molecule has 2 N–H and O–H groups in total. The van der Waals surface area contributed by atoms with Crippen molar-refractivity contribution in [3.63, 3.8) is 0 Å². The minimum atomic E-state index is -0.322. The van der Waals surface area contributed by atoms with Gasteiger partial charge in [-0.25, -0.2) is 0 Å². The normalized spacial score (nSPS) is 10.0. The topological polar surface area (TPSA) is 80.3 Å². The van der Waals surface area contributed by atoms with Gasteiger partial charge in [0.2, 0.25) is 5.91 Å². The highest BCUT2D eigenvalue weighted by Crippen LogP contribution is 2.12. The molecule has 0 atom stereocenters. The van der Waals surface area contributed by atoms with E-state index >= 15 is 0 Å². The Kier molecular flexibility index (Phi) is 6.84. The van der Waals surface area contributed by atoms with Gasteiger partial charge in [0.25, 0.3) is 5.91 Å². The van der Waals surface area contributed by atoms with Gasteiger partial charge in [-0.1, -0.05) is 11.6 Å². The SMILES string of the molecule is COCCNC(=O)CCNC(=O)c1ccncc1Cl. The van der Waals surface area contributed by atoms with Crippen LogP contribution in [0, 0.1) is 0 Å². The highest BCUT2D eigenvalue weighted by atomic mass is 35.5. The predicted octanol–water partition coefficient (Wildman–Crippen LogP) is 0.618. The van der Waals surface area contributed by atoms with Crippen LogP contribution in [0.3, 0.4) is 0 Å². The molecule has 1 aromatic heterocycles. The molecule has 0 saturated heterocycles. The van der Waals surface area contributed by atoms with E-state index in [1.807, 2.05) is 0 Å². The van der Waals surface area contributed by atoms with Gasteiger partial charge in [0.15, 0.2) is 0 Å². The molecule has 2 amide bonds. The molecule has 19 heavy (non-hydrogen) atoms. The van der Waals surface area contributed by atoms with Crippen molar-refractivity contribution in [3.05, 3.63) is 29.0 Å². The molecule has 7 heteroatoms. The second-order valence-corrected chi connectivity index (χ2v) is 4.11. The summed E-state index contributed by atoms with van der Waals surface area (Å²) in [4.78, 5) is 26.9. The van der Waals surface area contributed by atoms with Gasteiger partial charge in [-0.3, -0.25) is 14.6 Å². The first-order valence-electron chi connectivity index (χ1n) is 5.78. The van der Waals surface area contributed by atoms with Crippen LogP contribution in [0.1, 0.15) is 16.8 Å². The first-order valence-corrected chi connectivity index (χ1v) is 6.16. The van der Waals surface area contributed by atoms with E-state index in [0.717, 1.165) is 0 Å². The largest absolute Gasteiger partial charge is 0.383 e. The number of hydrogen-bond acceptors (Lipinski definition) is 4. The molecule has 0 spiro atoms. The fourth-order valence-corrected chi connectivity index (χ4v) is 1.53. The van der Waals surface area contributed by atoms with E-state index in [2.05, 4.69) is 15.6 Å². The maximum atomic E-state index is 11.7. The maximum absolute atomic E-state index is 11.7. The standard InChI is InChI=1S/C12H16ClN3O3/c1-19-7-6-15-11(17)3-5-16-12(18)9-2-4-14-8-10(9)13/h2,4,8H,3,5-7H2,1H3,(H,15,17)(H,16,18). The van der Waals surface area contributed by atoms with Crippen molar-refractivity contribution in [3.8, 4) is 0 Å². The van der Waals surface area contributed by atoms with Crippen LogP contribution in [0.25, 0.3) is 0 Å². The Hall–Kier alpha value is -1.66. The Balaban J connectivity index is 2.28. The van der Waals surface area contributed by atoms with Crippen molar-refractivity contribution >= 4 is 23.4 Å². The summed E-state index contributed by atoms with van der Waals surface area (Å²) in [5, 5.41) is 5.56. The summed E-state index contributed by atoms with van der Waals surface area (Å²) in [5.41, 5.74) is 0.344. The van der Waals surface area contributed by atoms with Gasteiger partial charge in [0.05, 0.1) is 17.2 Å². The Morgan fingerprint density at radius 3 is 2.84 bits per heavy atom. The van der Waals surface area contributed by atoms with Crippen molar-refractivity contribution in [2.45, 2.75) is 6.42 Å². The molecule has 0 fully saturated rings. The van der Waals surface area contributed by atoms with Crippen LogP contribution in [0.4, 0.5) is 0 Å². The van der Waals surface area contributed by atoms with Gasteiger partial charge in [0, 0.05) is 39.0 Å². The average molecular weight is 286 g/mol. The van der Waals surface area contributed by atoms with E-state index in [1.165, 1.54) is 18.5 Å². The Morgan fingerprint density at radius 1 is 1.37 bits per heavy atom. The smallest absolute Gasteiger partial charge is 0.252 e. The molecule has 1 aromatic rings. The Labute approximate surface area is 116 Å². The predicted molar refractivity (Wildman–Crippen MR) is 71.1 cm³/mol. The first kappa shape index (κ1) is 15.4. The lowest BCUT2D eigenvalue weighted by atomic mass is 10.2. The second-order valence-electron chi connectivity index (χ2n) is 3.70. The molecular formula is C12H16ClN3O3. The second kappa shape index (κ2) is 8.44. The number of methoxy groups -OCH3 is 1. The summed E-state index contributed by atoms with van der Waals surface area (Å²) in [6.07, 6.45) is 3.09. The van der Waals surface area contributed by atoms with E-state index in [4.69, 9.17) is 16.3 Å². The van der Waals surface area contributed by atoms with E-state index in [-0.39, 0.29) is 29.8 Å². The fraction of sp³-hybridized carbons (Fsp3) is 0.417. The van der Waals surface area contributed by atoms with Gasteiger partial charge in [-0.15, -0.1) is 0 Å². The van der Waals surface area contributed by atoms with Crippen molar-refractivity contribution in [1.29, 1.82) is 0 Å². The number of nitrogens with zero attached hydrogens (tertiary/aromatic N) is 1. The van der Waals surface area contributed by atoms with E-state index < -0.39 is 0 Å². The molecule has 0 bridgehead atoms. The van der Waals surface area contributed by atoms with Crippen LogP contribution in [-0.4, -0.2) is 43.6 Å². The van der Waals surface area contributed by atoms with Gasteiger partial charge in [-0.2, -0.15) is 0 Å². The number of carbonyl (C=O) groups excluding carboxylic acids is 2. The summed E-state index contributed by atoms with van der Waals surface area (Å²) >= 11 is 5.83. The molecule has 6 nitrogen and oxygen atoms in total. The number of hydrogen-bond donors (Lipinski definition) is 2. The third-order valence-corrected chi connectivity index (χ3v) is 2.58. The van der Waals surface area contributed by atoms with Crippen molar-refractivity contribution < 1.29 is 14.3 Å². The third kappa shape index (κ3) is 5.67. The van der Waals surface area contributed by atoms with Gasteiger partial charge >= 0.3 is 0 Å². The number of nitrogens with one attached hydrogen (secondary N) is 2. The van der Waals surface area contributed by atoms with Crippen LogP contribution in [0.2, 0.25) is 5.02 Å². The zero-order chi connectivity index (χ0) is 14.1. The first-order chi connectivity index (χ1) is 9.15. The zero-order valence-electron chi connectivity index (χ0n) is 10.6. The molecule has 0 aliphatic heterocycles. The number of ether oxygens (including phenoxy) is 1. The van der Waals surface area contributed by atoms with Gasteiger partial charge < -0.3 is 15.4 Å². The van der Waals surface area contributed by atoms with Crippen LogP contribution in [0.15, 0.2) is 18.5 Å². The van der Waals surface area contributed by atoms with E-state index in [1.54, 1.807) is 7.11 Å².